The van der Waals surface area contributed by atoms with Crippen molar-refractivity contribution in [2.75, 3.05) is 26.2 Å². The number of halogens is 1. The summed E-state index contributed by atoms with van der Waals surface area (Å²) in [7, 11) is 0. The van der Waals surface area contributed by atoms with Gasteiger partial charge in [0.05, 0.1) is 15.4 Å². The van der Waals surface area contributed by atoms with E-state index in [1.807, 2.05) is 0 Å². The van der Waals surface area contributed by atoms with Gasteiger partial charge >= 0.3 is 0 Å². The lowest BCUT2D eigenvalue weighted by Crippen LogP contribution is -2.37. The Hall–Kier alpha value is -3.33. The average molecular weight is 427 g/mol. The van der Waals surface area contributed by atoms with Gasteiger partial charge in [-0.3, -0.25) is 19.7 Å². The van der Waals surface area contributed by atoms with Gasteiger partial charge in [-0.25, -0.2) is 4.39 Å². The molecule has 3 aromatic rings. The summed E-state index contributed by atoms with van der Waals surface area (Å²) in [5.74, 6) is -1.10. The predicted molar refractivity (Wildman–Crippen MR) is 111 cm³/mol. The number of thiophene rings is 1. The predicted octanol–water partition coefficient (Wildman–Crippen LogP) is 3.94. The lowest BCUT2D eigenvalue weighted by Gasteiger charge is -2.22. The third kappa shape index (κ3) is 3.88. The van der Waals surface area contributed by atoms with Gasteiger partial charge in [0.25, 0.3) is 17.5 Å². The number of nitro benzene ring substituents is 1. The molecule has 1 aromatic heterocycles. The minimum Gasteiger partial charge on any atom is -0.337 e. The topological polar surface area (TPSA) is 83.8 Å². The normalized spacial score (nSPS) is 14.6. The molecule has 0 spiro atoms. The molecule has 2 amide bonds. The van der Waals surface area contributed by atoms with Crippen molar-refractivity contribution < 1.29 is 18.9 Å². The van der Waals surface area contributed by atoms with Crippen LogP contribution in [0.4, 0.5) is 10.1 Å². The first-order valence-corrected chi connectivity index (χ1v) is 10.3. The van der Waals surface area contributed by atoms with Crippen LogP contribution in [-0.4, -0.2) is 52.7 Å². The van der Waals surface area contributed by atoms with Crippen LogP contribution in [0, 0.1) is 15.9 Å². The van der Waals surface area contributed by atoms with Crippen LogP contribution < -0.4 is 0 Å². The van der Waals surface area contributed by atoms with Crippen molar-refractivity contribution in [3.63, 3.8) is 0 Å². The highest BCUT2D eigenvalue weighted by atomic mass is 32.1. The zero-order chi connectivity index (χ0) is 21.3. The van der Waals surface area contributed by atoms with E-state index in [1.54, 1.807) is 28.0 Å². The summed E-state index contributed by atoms with van der Waals surface area (Å²) in [6, 6.07) is 12.1. The van der Waals surface area contributed by atoms with Gasteiger partial charge in [-0.05, 0) is 30.7 Å². The third-order valence-corrected chi connectivity index (χ3v) is 6.20. The molecule has 154 valence electrons. The first-order chi connectivity index (χ1) is 14.4. The monoisotopic (exact) mass is 427 g/mol. The van der Waals surface area contributed by atoms with Gasteiger partial charge in [0.2, 0.25) is 0 Å². The highest BCUT2D eigenvalue weighted by molar-refractivity contribution is 7.20. The fraction of sp³-hybridized carbons (Fsp3) is 0.238. The Bertz CT molecular complexity index is 1150. The maximum atomic E-state index is 13.9. The molecule has 0 bridgehead atoms. The van der Waals surface area contributed by atoms with Crippen LogP contribution in [0.25, 0.3) is 10.1 Å². The van der Waals surface area contributed by atoms with Gasteiger partial charge in [-0.2, -0.15) is 0 Å². The van der Waals surface area contributed by atoms with Crippen molar-refractivity contribution in [1.29, 1.82) is 0 Å². The van der Waals surface area contributed by atoms with Crippen molar-refractivity contribution >= 4 is 38.9 Å². The first-order valence-electron chi connectivity index (χ1n) is 9.45. The van der Waals surface area contributed by atoms with E-state index >= 15 is 0 Å². The first kappa shape index (κ1) is 20.0. The van der Waals surface area contributed by atoms with E-state index in [0.29, 0.717) is 42.9 Å². The largest absolute Gasteiger partial charge is 0.337 e. The number of nitro groups is 1. The Morgan fingerprint density at radius 1 is 0.967 bits per heavy atom. The molecule has 0 N–H and O–H groups in total. The Kier molecular flexibility index (Phi) is 5.45. The lowest BCUT2D eigenvalue weighted by molar-refractivity contribution is -0.384. The Morgan fingerprint density at radius 2 is 1.67 bits per heavy atom. The van der Waals surface area contributed by atoms with Crippen LogP contribution >= 0.6 is 11.3 Å². The molecule has 9 heteroatoms. The summed E-state index contributed by atoms with van der Waals surface area (Å²) < 4.78 is 14.8. The standard InChI is InChI=1S/C21H18FN3O4S/c22-17-5-2-1-4-16(17)20(26)23-8-3-9-24(11-10-23)21(27)19-13-14-12-15(25(28)29)6-7-18(14)30-19/h1-2,4-7,12-13H,3,8-11H2. The number of carbonyl (C=O) groups excluding carboxylic acids is 2. The fourth-order valence-corrected chi connectivity index (χ4v) is 4.55. The van der Waals surface area contributed by atoms with Gasteiger partial charge in [-0.15, -0.1) is 11.3 Å². The average Bonchev–Trinajstić information content (AvgIpc) is 3.01. The van der Waals surface area contributed by atoms with E-state index in [4.69, 9.17) is 0 Å². The quantitative estimate of drug-likeness (QED) is 0.468. The number of benzene rings is 2. The molecule has 1 aliphatic heterocycles. The Balaban J connectivity index is 1.48. The maximum Gasteiger partial charge on any atom is 0.270 e. The lowest BCUT2D eigenvalue weighted by atomic mass is 10.2. The second-order valence-corrected chi connectivity index (χ2v) is 8.09. The Morgan fingerprint density at radius 3 is 2.37 bits per heavy atom. The van der Waals surface area contributed by atoms with Crippen molar-refractivity contribution in [3.05, 3.63) is 74.9 Å². The van der Waals surface area contributed by atoms with Gasteiger partial charge in [0.15, 0.2) is 0 Å². The van der Waals surface area contributed by atoms with E-state index in [9.17, 15) is 24.1 Å². The van der Waals surface area contributed by atoms with Gasteiger partial charge < -0.3 is 9.80 Å². The molecule has 1 fully saturated rings. The van der Waals surface area contributed by atoms with Crippen LogP contribution in [0.5, 0.6) is 0 Å². The van der Waals surface area contributed by atoms with E-state index in [1.165, 1.54) is 41.7 Å². The van der Waals surface area contributed by atoms with Gasteiger partial charge in [-0.1, -0.05) is 12.1 Å². The number of rotatable bonds is 3. The molecule has 4 rings (SSSR count). The van der Waals surface area contributed by atoms with E-state index in [-0.39, 0.29) is 23.1 Å². The molecular formula is C21H18FN3O4S. The molecule has 0 aliphatic carbocycles. The number of carbonyl (C=O) groups is 2. The molecule has 0 unspecified atom stereocenters. The van der Waals surface area contributed by atoms with E-state index < -0.39 is 10.7 Å². The summed E-state index contributed by atoms with van der Waals surface area (Å²) in [5, 5.41) is 11.6. The smallest absolute Gasteiger partial charge is 0.270 e. The minimum atomic E-state index is -0.556. The van der Waals surface area contributed by atoms with Crippen LogP contribution in [0.2, 0.25) is 0 Å². The molecule has 0 atom stereocenters. The summed E-state index contributed by atoms with van der Waals surface area (Å²) in [5.41, 5.74) is 0.0137. The van der Waals surface area contributed by atoms with Gasteiger partial charge in [0, 0.05) is 48.4 Å². The fourth-order valence-electron chi connectivity index (χ4n) is 3.53. The number of non-ortho nitro benzene ring substituents is 1. The van der Waals surface area contributed by atoms with Crippen LogP contribution in [0.15, 0.2) is 48.5 Å². The molecule has 0 saturated carbocycles. The second kappa shape index (κ2) is 8.19. The van der Waals surface area contributed by atoms with E-state index in [2.05, 4.69) is 0 Å². The SMILES string of the molecule is O=C(c1cc2cc([N+](=O)[O-])ccc2s1)N1CCCN(C(=O)c2ccccc2F)CC1. The van der Waals surface area contributed by atoms with Crippen molar-refractivity contribution in [1.82, 2.24) is 9.80 Å². The molecular weight excluding hydrogens is 409 g/mol. The number of amides is 2. The zero-order valence-corrected chi connectivity index (χ0v) is 16.7. The molecule has 0 radical (unpaired) electrons. The maximum absolute atomic E-state index is 13.9. The summed E-state index contributed by atoms with van der Waals surface area (Å²) in [6.45, 7) is 1.58. The summed E-state index contributed by atoms with van der Waals surface area (Å²) >= 11 is 1.29. The highest BCUT2D eigenvalue weighted by Gasteiger charge is 2.25. The number of hydrogen-bond acceptors (Lipinski definition) is 5. The van der Waals surface area contributed by atoms with Crippen LogP contribution in [0.3, 0.4) is 0 Å². The number of nitrogens with zero attached hydrogens (tertiary/aromatic N) is 3. The van der Waals surface area contributed by atoms with Crippen molar-refractivity contribution in [2.24, 2.45) is 0 Å². The third-order valence-electron chi connectivity index (χ3n) is 5.10. The van der Waals surface area contributed by atoms with Gasteiger partial charge in [0.1, 0.15) is 5.82 Å². The molecule has 1 aliphatic rings. The van der Waals surface area contributed by atoms with Crippen molar-refractivity contribution in [2.45, 2.75) is 6.42 Å². The molecule has 1 saturated heterocycles. The number of fused-ring (bicyclic) bond motifs is 1. The molecule has 7 nitrogen and oxygen atoms in total. The van der Waals surface area contributed by atoms with E-state index in [0.717, 1.165) is 4.70 Å². The molecule has 2 aromatic carbocycles. The Labute approximate surface area is 175 Å². The summed E-state index contributed by atoms with van der Waals surface area (Å²) in [4.78, 5) is 39.9. The highest BCUT2D eigenvalue weighted by Crippen LogP contribution is 2.30. The zero-order valence-electron chi connectivity index (χ0n) is 15.9. The van der Waals surface area contributed by atoms with Crippen molar-refractivity contribution in [3.8, 4) is 0 Å². The minimum absolute atomic E-state index is 0.0173. The molecule has 30 heavy (non-hydrogen) atoms. The molecule has 2 heterocycles. The van der Waals surface area contributed by atoms with Crippen LogP contribution in [0.1, 0.15) is 26.5 Å². The number of hydrogen-bond donors (Lipinski definition) is 0. The van der Waals surface area contributed by atoms with Crippen LogP contribution in [-0.2, 0) is 0 Å². The second-order valence-electron chi connectivity index (χ2n) is 7.01. The summed E-state index contributed by atoms with van der Waals surface area (Å²) in [6.07, 6.45) is 0.586.